The number of rotatable bonds is 3. The fourth-order valence-electron chi connectivity index (χ4n) is 2.68. The third-order valence-electron chi connectivity index (χ3n) is 3.81. The summed E-state index contributed by atoms with van der Waals surface area (Å²) >= 11 is 0. The van der Waals surface area contributed by atoms with E-state index in [4.69, 9.17) is 0 Å². The summed E-state index contributed by atoms with van der Waals surface area (Å²) in [5, 5.41) is 4.21. The number of hydrogen-bond donors (Lipinski definition) is 2. The summed E-state index contributed by atoms with van der Waals surface area (Å²) in [6.07, 6.45) is 6.28. The van der Waals surface area contributed by atoms with Crippen LogP contribution in [-0.2, 0) is 0 Å². The molecule has 1 atom stereocenters. The van der Waals surface area contributed by atoms with Gasteiger partial charge in [0.15, 0.2) is 5.82 Å². The minimum Gasteiger partial charge on any atom is -0.257 e. The van der Waals surface area contributed by atoms with Gasteiger partial charge in [0.1, 0.15) is 6.33 Å². The molecule has 0 saturated carbocycles. The molecule has 1 aliphatic heterocycles. The SMILES string of the molecule is c1cc(-c2cc(-n3cccn3)ncn2)cc(C2CCNN2)c1. The van der Waals surface area contributed by atoms with Crippen LogP contribution in [0.3, 0.4) is 0 Å². The zero-order chi connectivity index (χ0) is 14.8. The van der Waals surface area contributed by atoms with Crippen molar-refractivity contribution in [1.29, 1.82) is 0 Å². The van der Waals surface area contributed by atoms with E-state index >= 15 is 0 Å². The predicted octanol–water partition coefficient (Wildman–Crippen LogP) is 1.87. The maximum atomic E-state index is 4.40. The molecule has 4 rings (SSSR count). The van der Waals surface area contributed by atoms with E-state index in [2.05, 4.69) is 50.2 Å². The number of aromatic nitrogens is 4. The lowest BCUT2D eigenvalue weighted by atomic mass is 10.0. The van der Waals surface area contributed by atoms with Gasteiger partial charge in [0.25, 0.3) is 0 Å². The first-order valence-corrected chi connectivity index (χ1v) is 7.31. The van der Waals surface area contributed by atoms with E-state index < -0.39 is 0 Å². The van der Waals surface area contributed by atoms with E-state index in [0.29, 0.717) is 6.04 Å². The molecule has 1 aromatic carbocycles. The second kappa shape index (κ2) is 5.67. The average Bonchev–Trinajstić information content (AvgIpc) is 3.29. The van der Waals surface area contributed by atoms with E-state index in [1.165, 1.54) is 5.56 Å². The van der Waals surface area contributed by atoms with Gasteiger partial charge in [-0.15, -0.1) is 0 Å². The Hall–Kier alpha value is -2.57. The summed E-state index contributed by atoms with van der Waals surface area (Å²) in [5.41, 5.74) is 9.71. The van der Waals surface area contributed by atoms with Crippen LogP contribution in [0.15, 0.2) is 55.1 Å². The topological polar surface area (TPSA) is 67.7 Å². The lowest BCUT2D eigenvalue weighted by molar-refractivity contribution is 0.581. The number of hydrazine groups is 1. The second-order valence-electron chi connectivity index (χ2n) is 5.25. The quantitative estimate of drug-likeness (QED) is 0.771. The van der Waals surface area contributed by atoms with Gasteiger partial charge in [0.05, 0.1) is 5.69 Å². The van der Waals surface area contributed by atoms with E-state index in [-0.39, 0.29) is 0 Å². The van der Waals surface area contributed by atoms with E-state index in [1.807, 2.05) is 18.3 Å². The molecule has 3 aromatic rings. The van der Waals surface area contributed by atoms with Crippen molar-refractivity contribution < 1.29 is 0 Å². The van der Waals surface area contributed by atoms with Crippen molar-refractivity contribution >= 4 is 0 Å². The maximum absolute atomic E-state index is 4.40. The number of benzene rings is 1. The molecule has 110 valence electrons. The van der Waals surface area contributed by atoms with Crippen LogP contribution in [0.5, 0.6) is 0 Å². The van der Waals surface area contributed by atoms with Gasteiger partial charge < -0.3 is 0 Å². The van der Waals surface area contributed by atoms with Crippen LogP contribution in [0.4, 0.5) is 0 Å². The van der Waals surface area contributed by atoms with Gasteiger partial charge in [-0.2, -0.15) is 5.10 Å². The number of hydrogen-bond acceptors (Lipinski definition) is 5. The second-order valence-corrected chi connectivity index (χ2v) is 5.25. The Morgan fingerprint density at radius 1 is 1.14 bits per heavy atom. The van der Waals surface area contributed by atoms with E-state index in [9.17, 15) is 0 Å². The summed E-state index contributed by atoms with van der Waals surface area (Å²) in [5.74, 6) is 0.765. The van der Waals surface area contributed by atoms with Crippen LogP contribution < -0.4 is 10.9 Å². The number of nitrogens with one attached hydrogen (secondary N) is 2. The Kier molecular flexibility index (Phi) is 3.38. The Balaban J connectivity index is 1.69. The molecule has 1 unspecified atom stereocenters. The summed E-state index contributed by atoms with van der Waals surface area (Å²) in [4.78, 5) is 8.67. The van der Waals surface area contributed by atoms with Gasteiger partial charge in [0.2, 0.25) is 0 Å². The highest BCUT2D eigenvalue weighted by Crippen LogP contribution is 2.25. The van der Waals surface area contributed by atoms with Crippen LogP contribution in [0, 0.1) is 0 Å². The lowest BCUT2D eigenvalue weighted by Crippen LogP contribution is -2.24. The highest BCUT2D eigenvalue weighted by Gasteiger charge is 2.16. The highest BCUT2D eigenvalue weighted by molar-refractivity contribution is 5.61. The normalized spacial score (nSPS) is 17.7. The molecule has 0 spiro atoms. The molecule has 6 heteroatoms. The third kappa shape index (κ3) is 2.49. The minimum atomic E-state index is 0.354. The lowest BCUT2D eigenvalue weighted by Gasteiger charge is -2.11. The Morgan fingerprint density at radius 2 is 2.14 bits per heavy atom. The highest BCUT2D eigenvalue weighted by atomic mass is 15.4. The molecule has 2 aromatic heterocycles. The van der Waals surface area contributed by atoms with Gasteiger partial charge >= 0.3 is 0 Å². The van der Waals surface area contributed by atoms with Crippen molar-refractivity contribution in [1.82, 2.24) is 30.6 Å². The molecule has 22 heavy (non-hydrogen) atoms. The van der Waals surface area contributed by atoms with Crippen molar-refractivity contribution in [3.05, 3.63) is 60.7 Å². The predicted molar refractivity (Wildman–Crippen MR) is 83.1 cm³/mol. The fourth-order valence-corrected chi connectivity index (χ4v) is 2.68. The molecule has 6 nitrogen and oxygen atoms in total. The first-order valence-electron chi connectivity index (χ1n) is 7.31. The van der Waals surface area contributed by atoms with Gasteiger partial charge in [-0.05, 0) is 24.1 Å². The smallest absolute Gasteiger partial charge is 0.157 e. The first kappa shape index (κ1) is 13.1. The van der Waals surface area contributed by atoms with Gasteiger partial charge in [-0.25, -0.2) is 14.6 Å². The van der Waals surface area contributed by atoms with Crippen molar-refractivity contribution in [3.63, 3.8) is 0 Å². The van der Waals surface area contributed by atoms with Crippen LogP contribution in [0.25, 0.3) is 17.1 Å². The Morgan fingerprint density at radius 3 is 2.95 bits per heavy atom. The molecule has 2 N–H and O–H groups in total. The number of nitrogens with zero attached hydrogens (tertiary/aromatic N) is 4. The largest absolute Gasteiger partial charge is 0.257 e. The molecule has 1 saturated heterocycles. The maximum Gasteiger partial charge on any atom is 0.157 e. The van der Waals surface area contributed by atoms with Crippen LogP contribution in [-0.4, -0.2) is 26.3 Å². The van der Waals surface area contributed by atoms with Crippen LogP contribution >= 0.6 is 0 Å². The fraction of sp³-hybridized carbons (Fsp3) is 0.188. The molecule has 0 amide bonds. The van der Waals surface area contributed by atoms with E-state index in [0.717, 1.165) is 30.0 Å². The average molecular weight is 292 g/mol. The molecule has 1 aliphatic rings. The van der Waals surface area contributed by atoms with Gasteiger partial charge in [-0.1, -0.05) is 18.2 Å². The van der Waals surface area contributed by atoms with E-state index in [1.54, 1.807) is 17.2 Å². The summed E-state index contributed by atoms with van der Waals surface area (Å²) in [7, 11) is 0. The van der Waals surface area contributed by atoms with Crippen molar-refractivity contribution in [2.45, 2.75) is 12.5 Å². The van der Waals surface area contributed by atoms with Crippen LogP contribution in [0.2, 0.25) is 0 Å². The Labute approximate surface area is 128 Å². The van der Waals surface area contributed by atoms with Crippen molar-refractivity contribution in [2.24, 2.45) is 0 Å². The monoisotopic (exact) mass is 292 g/mol. The summed E-state index contributed by atoms with van der Waals surface area (Å²) in [6.45, 7) is 0.992. The van der Waals surface area contributed by atoms with Crippen molar-refractivity contribution in [3.8, 4) is 17.1 Å². The molecular formula is C16H16N6. The van der Waals surface area contributed by atoms with Crippen LogP contribution in [0.1, 0.15) is 18.0 Å². The summed E-state index contributed by atoms with van der Waals surface area (Å²) < 4.78 is 1.73. The molecule has 0 bridgehead atoms. The third-order valence-corrected chi connectivity index (χ3v) is 3.81. The Bertz CT molecular complexity index is 762. The molecule has 3 heterocycles. The van der Waals surface area contributed by atoms with Gasteiger partial charge in [0, 0.05) is 36.6 Å². The molecule has 0 radical (unpaired) electrons. The van der Waals surface area contributed by atoms with Crippen molar-refractivity contribution in [2.75, 3.05) is 6.54 Å². The first-order chi connectivity index (χ1) is 10.9. The molecule has 0 aliphatic carbocycles. The van der Waals surface area contributed by atoms with Gasteiger partial charge in [-0.3, -0.25) is 10.9 Å². The minimum absolute atomic E-state index is 0.354. The standard InChI is InChI=1S/C16H16N6/c1-3-12(14-5-7-19-21-14)9-13(4-1)15-10-16(18-11-17-15)22-8-2-6-20-22/h1-4,6,8-11,14,19,21H,5,7H2. The molecular weight excluding hydrogens is 276 g/mol. The summed E-state index contributed by atoms with van der Waals surface area (Å²) in [6, 6.07) is 12.6. The molecule has 1 fully saturated rings. The zero-order valence-corrected chi connectivity index (χ0v) is 12.0. The zero-order valence-electron chi connectivity index (χ0n) is 12.0.